The van der Waals surface area contributed by atoms with E-state index >= 15 is 0 Å². The van der Waals surface area contributed by atoms with Crippen molar-refractivity contribution < 1.29 is 4.74 Å². The van der Waals surface area contributed by atoms with Gasteiger partial charge in [-0.3, -0.25) is 0 Å². The fourth-order valence-corrected chi connectivity index (χ4v) is 2.73. The Morgan fingerprint density at radius 2 is 1.48 bits per heavy atom. The molecule has 0 unspecified atom stereocenters. The highest BCUT2D eigenvalue weighted by molar-refractivity contribution is 7.99. The Kier molecular flexibility index (Phi) is 4.99. The zero-order chi connectivity index (χ0) is 16.1. The first-order valence-electron chi connectivity index (χ1n) is 6.54. The number of aromatic nitrogens is 6. The van der Waals surface area contributed by atoms with E-state index in [1.807, 2.05) is 30.5 Å². The predicted molar refractivity (Wildman–Crippen MR) is 87.5 cm³/mol. The number of benzene rings is 1. The van der Waals surface area contributed by atoms with Gasteiger partial charge in [0.05, 0.1) is 19.5 Å². The van der Waals surface area contributed by atoms with Crippen LogP contribution >= 0.6 is 23.5 Å². The van der Waals surface area contributed by atoms with Crippen LogP contribution < -0.4 is 4.74 Å². The van der Waals surface area contributed by atoms with Crippen molar-refractivity contribution in [3.63, 3.8) is 0 Å². The zero-order valence-corrected chi connectivity index (χ0v) is 14.0. The Balaban J connectivity index is 1.84. The van der Waals surface area contributed by atoms with E-state index in [4.69, 9.17) is 4.74 Å². The molecule has 0 saturated carbocycles. The van der Waals surface area contributed by atoms with Crippen molar-refractivity contribution in [2.24, 2.45) is 0 Å². The molecule has 3 aromatic rings. The summed E-state index contributed by atoms with van der Waals surface area (Å²) in [5.41, 5.74) is 1.23. The van der Waals surface area contributed by atoms with Crippen LogP contribution in [0.3, 0.4) is 0 Å². The summed E-state index contributed by atoms with van der Waals surface area (Å²) in [6.07, 6.45) is 5.02. The lowest BCUT2D eigenvalue weighted by molar-refractivity contribution is 0.414. The van der Waals surface area contributed by atoms with Crippen LogP contribution in [0.25, 0.3) is 11.4 Å². The van der Waals surface area contributed by atoms with Crippen LogP contribution in [0.2, 0.25) is 0 Å². The SMILES string of the molecule is COc1ccc(Sc2nncc(-c3cnnc(SC)n3)n2)cc1. The third-order valence-electron chi connectivity index (χ3n) is 2.79. The van der Waals surface area contributed by atoms with Crippen LogP contribution in [0.15, 0.2) is 51.9 Å². The summed E-state index contributed by atoms with van der Waals surface area (Å²) in [5.74, 6) is 0.804. The standard InChI is InChI=1S/C14H12N6OS2/c1-21-9-3-5-10(6-4-9)23-14-18-12(8-16-20-14)11-7-15-19-13(17-11)22-2/h3-8H,1-2H3. The Morgan fingerprint density at radius 3 is 2.09 bits per heavy atom. The minimum Gasteiger partial charge on any atom is -0.497 e. The van der Waals surface area contributed by atoms with Gasteiger partial charge in [-0.2, -0.15) is 10.2 Å². The maximum Gasteiger partial charge on any atom is 0.214 e. The van der Waals surface area contributed by atoms with Crippen LogP contribution in [0.1, 0.15) is 0 Å². The highest BCUT2D eigenvalue weighted by atomic mass is 32.2. The highest BCUT2D eigenvalue weighted by Crippen LogP contribution is 2.27. The van der Waals surface area contributed by atoms with Gasteiger partial charge in [0.25, 0.3) is 0 Å². The van der Waals surface area contributed by atoms with E-state index in [0.717, 1.165) is 10.6 Å². The smallest absolute Gasteiger partial charge is 0.214 e. The largest absolute Gasteiger partial charge is 0.497 e. The van der Waals surface area contributed by atoms with Crippen LogP contribution in [0, 0.1) is 0 Å². The third kappa shape index (κ3) is 3.93. The zero-order valence-electron chi connectivity index (χ0n) is 12.4. The van der Waals surface area contributed by atoms with Gasteiger partial charge < -0.3 is 4.74 Å². The van der Waals surface area contributed by atoms with Crippen LogP contribution in [0.5, 0.6) is 5.75 Å². The molecule has 2 heterocycles. The van der Waals surface area contributed by atoms with Crippen molar-refractivity contribution in [2.75, 3.05) is 13.4 Å². The summed E-state index contributed by atoms with van der Waals surface area (Å²) in [4.78, 5) is 9.84. The number of hydrogen-bond acceptors (Lipinski definition) is 9. The fraction of sp³-hybridized carbons (Fsp3) is 0.143. The van der Waals surface area contributed by atoms with Crippen LogP contribution in [0.4, 0.5) is 0 Å². The maximum absolute atomic E-state index is 5.14. The Labute approximate surface area is 141 Å². The van der Waals surface area contributed by atoms with Gasteiger partial charge in [0.1, 0.15) is 17.1 Å². The summed E-state index contributed by atoms with van der Waals surface area (Å²) in [7, 11) is 1.64. The lowest BCUT2D eigenvalue weighted by Gasteiger charge is -2.04. The molecular weight excluding hydrogens is 332 g/mol. The molecule has 1 aromatic carbocycles. The number of methoxy groups -OCH3 is 1. The van der Waals surface area contributed by atoms with Gasteiger partial charge in [0.2, 0.25) is 10.3 Å². The normalized spacial score (nSPS) is 10.5. The molecule has 2 aromatic heterocycles. The van der Waals surface area contributed by atoms with Gasteiger partial charge in [-0.25, -0.2) is 9.97 Å². The molecule has 0 radical (unpaired) electrons. The van der Waals surface area contributed by atoms with E-state index in [0.29, 0.717) is 21.7 Å². The van der Waals surface area contributed by atoms with Crippen molar-refractivity contribution in [3.05, 3.63) is 36.7 Å². The minimum absolute atomic E-state index is 0.539. The molecule has 0 amide bonds. The molecule has 3 rings (SSSR count). The average molecular weight is 344 g/mol. The van der Waals surface area contributed by atoms with Crippen LogP contribution in [-0.2, 0) is 0 Å². The van der Waals surface area contributed by atoms with E-state index in [2.05, 4.69) is 30.4 Å². The van der Waals surface area contributed by atoms with Gasteiger partial charge in [-0.1, -0.05) is 11.8 Å². The van der Waals surface area contributed by atoms with Crippen molar-refractivity contribution in [1.29, 1.82) is 0 Å². The molecule has 7 nitrogen and oxygen atoms in total. The second-order valence-electron chi connectivity index (χ2n) is 4.23. The van der Waals surface area contributed by atoms with Crippen molar-refractivity contribution in [2.45, 2.75) is 15.2 Å². The fourth-order valence-electron chi connectivity index (χ4n) is 1.70. The third-order valence-corrected chi connectivity index (χ3v) is 4.19. The highest BCUT2D eigenvalue weighted by Gasteiger charge is 2.08. The first kappa shape index (κ1) is 15.6. The number of thioether (sulfide) groups is 1. The van der Waals surface area contributed by atoms with Gasteiger partial charge in [0.15, 0.2) is 0 Å². The lowest BCUT2D eigenvalue weighted by Crippen LogP contribution is -1.98. The predicted octanol–water partition coefficient (Wildman–Crippen LogP) is 2.61. The second kappa shape index (κ2) is 7.34. The quantitative estimate of drug-likeness (QED) is 0.648. The summed E-state index contributed by atoms with van der Waals surface area (Å²) < 4.78 is 5.14. The summed E-state index contributed by atoms with van der Waals surface area (Å²) in [6.45, 7) is 0. The molecule has 0 aliphatic heterocycles. The molecule has 0 N–H and O–H groups in total. The van der Waals surface area contributed by atoms with E-state index in [9.17, 15) is 0 Å². The summed E-state index contributed by atoms with van der Waals surface area (Å²) in [6, 6.07) is 7.66. The number of nitrogens with zero attached hydrogens (tertiary/aromatic N) is 6. The van der Waals surface area contributed by atoms with Gasteiger partial charge in [0, 0.05) is 4.90 Å². The van der Waals surface area contributed by atoms with Crippen molar-refractivity contribution in [1.82, 2.24) is 30.4 Å². The molecular formula is C14H12N6OS2. The average Bonchev–Trinajstić information content (AvgIpc) is 2.63. The molecule has 9 heteroatoms. The topological polar surface area (TPSA) is 86.6 Å². The molecule has 0 atom stereocenters. The van der Waals surface area contributed by atoms with Crippen LogP contribution in [-0.4, -0.2) is 43.7 Å². The van der Waals surface area contributed by atoms with Gasteiger partial charge >= 0.3 is 0 Å². The van der Waals surface area contributed by atoms with E-state index in [-0.39, 0.29) is 0 Å². The van der Waals surface area contributed by atoms with Gasteiger partial charge in [-0.15, -0.1) is 10.2 Å². The maximum atomic E-state index is 5.14. The molecule has 23 heavy (non-hydrogen) atoms. The molecule has 0 spiro atoms. The van der Waals surface area contributed by atoms with E-state index in [1.165, 1.54) is 23.5 Å². The molecule has 0 aliphatic carbocycles. The number of rotatable bonds is 5. The first-order chi connectivity index (χ1) is 11.3. The molecule has 0 fully saturated rings. The number of hydrogen-bond donors (Lipinski definition) is 0. The summed E-state index contributed by atoms with van der Waals surface area (Å²) in [5, 5.41) is 17.0. The second-order valence-corrected chi connectivity index (χ2v) is 6.04. The molecule has 116 valence electrons. The van der Waals surface area contributed by atoms with Crippen molar-refractivity contribution >= 4 is 23.5 Å². The lowest BCUT2D eigenvalue weighted by atomic mass is 10.3. The number of ether oxygens (including phenoxy) is 1. The van der Waals surface area contributed by atoms with Crippen molar-refractivity contribution in [3.8, 4) is 17.1 Å². The monoisotopic (exact) mass is 344 g/mol. The molecule has 0 aliphatic rings. The minimum atomic E-state index is 0.539. The Bertz CT molecular complexity index is 799. The molecule has 0 bridgehead atoms. The first-order valence-corrected chi connectivity index (χ1v) is 8.58. The van der Waals surface area contributed by atoms with E-state index in [1.54, 1.807) is 19.5 Å². The Morgan fingerprint density at radius 1 is 0.870 bits per heavy atom. The van der Waals surface area contributed by atoms with Gasteiger partial charge in [-0.05, 0) is 42.3 Å². The van der Waals surface area contributed by atoms with E-state index < -0.39 is 0 Å². The Hall–Kier alpha value is -2.26. The summed E-state index contributed by atoms with van der Waals surface area (Å²) >= 11 is 2.84. The molecule has 0 saturated heterocycles.